The zero-order chi connectivity index (χ0) is 6.85. The Labute approximate surface area is 53.6 Å². The minimum Gasteiger partial charge on any atom is -0.394 e. The van der Waals surface area contributed by atoms with Crippen LogP contribution in [0.1, 0.15) is 13.3 Å². The van der Waals surface area contributed by atoms with Crippen LogP contribution in [0.25, 0.3) is 0 Å². The summed E-state index contributed by atoms with van der Waals surface area (Å²) in [4.78, 5) is 0. The van der Waals surface area contributed by atoms with E-state index in [1.54, 1.807) is 6.92 Å². The predicted octanol–water partition coefficient (Wildman–Crippen LogP) is 0.494. The molecule has 0 saturated carbocycles. The molecule has 9 heavy (non-hydrogen) atoms. The molecule has 1 N–H and O–H groups in total. The molecule has 0 aromatic rings. The molecule has 0 bridgehead atoms. The molecule has 1 aliphatic rings. The molecule has 0 aromatic carbocycles. The first kappa shape index (κ1) is 6.96. The highest BCUT2D eigenvalue weighted by Crippen LogP contribution is 2.21. The molecular weight excluding hydrogens is 123 g/mol. The lowest BCUT2D eigenvalue weighted by Gasteiger charge is -2.05. The van der Waals surface area contributed by atoms with Crippen LogP contribution >= 0.6 is 0 Å². The van der Waals surface area contributed by atoms with Gasteiger partial charge in [-0.05, 0) is 6.92 Å². The Balaban J connectivity index is 2.35. The third-order valence-electron chi connectivity index (χ3n) is 1.61. The van der Waals surface area contributed by atoms with E-state index in [9.17, 15) is 4.39 Å². The molecule has 1 heterocycles. The van der Waals surface area contributed by atoms with E-state index < -0.39 is 6.17 Å². The van der Waals surface area contributed by atoms with Crippen LogP contribution in [-0.2, 0) is 4.74 Å². The fourth-order valence-corrected chi connectivity index (χ4v) is 1.00. The number of rotatable bonds is 1. The minimum absolute atomic E-state index is 0.0647. The predicted molar refractivity (Wildman–Crippen MR) is 30.9 cm³/mol. The largest absolute Gasteiger partial charge is 0.394 e. The minimum atomic E-state index is -0.887. The van der Waals surface area contributed by atoms with Gasteiger partial charge in [-0.1, -0.05) is 0 Å². The van der Waals surface area contributed by atoms with Gasteiger partial charge >= 0.3 is 0 Å². The Kier molecular flexibility index (Phi) is 2.03. The zero-order valence-corrected chi connectivity index (χ0v) is 5.38. The van der Waals surface area contributed by atoms with Crippen molar-refractivity contribution in [3.05, 3.63) is 0 Å². The van der Waals surface area contributed by atoms with Crippen LogP contribution < -0.4 is 0 Å². The zero-order valence-electron chi connectivity index (χ0n) is 5.38. The Morgan fingerprint density at radius 3 is 2.67 bits per heavy atom. The second-order valence-electron chi connectivity index (χ2n) is 2.40. The van der Waals surface area contributed by atoms with Crippen molar-refractivity contribution in [3.8, 4) is 0 Å². The normalized spacial score (nSPS) is 43.7. The maximum absolute atomic E-state index is 12.5. The van der Waals surface area contributed by atoms with Crippen molar-refractivity contribution in [2.24, 2.45) is 0 Å². The molecule has 0 aliphatic carbocycles. The summed E-state index contributed by atoms with van der Waals surface area (Å²) in [7, 11) is 0. The monoisotopic (exact) mass is 134 g/mol. The molecule has 1 rings (SSSR count). The Morgan fingerprint density at radius 2 is 2.44 bits per heavy atom. The SMILES string of the molecule is C[C@@H]1OC(CO)C[C@@H]1F. The van der Waals surface area contributed by atoms with Crippen molar-refractivity contribution in [2.75, 3.05) is 6.61 Å². The van der Waals surface area contributed by atoms with E-state index in [0.717, 1.165) is 0 Å². The van der Waals surface area contributed by atoms with Crippen LogP contribution in [0.15, 0.2) is 0 Å². The number of aliphatic hydroxyl groups excluding tert-OH is 1. The van der Waals surface area contributed by atoms with Gasteiger partial charge in [0.1, 0.15) is 6.17 Å². The summed E-state index contributed by atoms with van der Waals surface area (Å²) in [6.45, 7) is 1.62. The lowest BCUT2D eigenvalue weighted by Crippen LogP contribution is -2.12. The molecule has 0 aromatic heterocycles. The van der Waals surface area contributed by atoms with Gasteiger partial charge < -0.3 is 9.84 Å². The smallest absolute Gasteiger partial charge is 0.128 e. The van der Waals surface area contributed by atoms with Gasteiger partial charge in [-0.2, -0.15) is 0 Å². The van der Waals surface area contributed by atoms with Crippen LogP contribution in [0.5, 0.6) is 0 Å². The van der Waals surface area contributed by atoms with Gasteiger partial charge in [0.2, 0.25) is 0 Å². The molecule has 0 spiro atoms. The van der Waals surface area contributed by atoms with E-state index in [1.165, 1.54) is 0 Å². The van der Waals surface area contributed by atoms with Crippen molar-refractivity contribution in [3.63, 3.8) is 0 Å². The van der Waals surface area contributed by atoms with Crippen molar-refractivity contribution < 1.29 is 14.2 Å². The van der Waals surface area contributed by atoms with Gasteiger partial charge in [-0.15, -0.1) is 0 Å². The maximum atomic E-state index is 12.5. The first-order valence-corrected chi connectivity index (χ1v) is 3.14. The topological polar surface area (TPSA) is 29.5 Å². The molecule has 2 nitrogen and oxygen atoms in total. The average Bonchev–Trinajstić information content (AvgIpc) is 2.13. The van der Waals surface area contributed by atoms with Gasteiger partial charge in [-0.25, -0.2) is 4.39 Å². The number of aliphatic hydroxyl groups is 1. The molecule has 1 aliphatic heterocycles. The van der Waals surface area contributed by atoms with Crippen molar-refractivity contribution in [2.45, 2.75) is 31.7 Å². The van der Waals surface area contributed by atoms with Gasteiger partial charge in [0.25, 0.3) is 0 Å². The van der Waals surface area contributed by atoms with Crippen LogP contribution in [-0.4, -0.2) is 30.1 Å². The lowest BCUT2D eigenvalue weighted by atomic mass is 10.2. The summed E-state index contributed by atoms with van der Waals surface area (Å²) in [6.07, 6.45) is -1.14. The van der Waals surface area contributed by atoms with E-state index in [0.29, 0.717) is 6.42 Å². The fraction of sp³-hybridized carbons (Fsp3) is 1.00. The highest BCUT2D eigenvalue weighted by atomic mass is 19.1. The van der Waals surface area contributed by atoms with Crippen LogP contribution in [0.2, 0.25) is 0 Å². The summed E-state index contributed by atoms with van der Waals surface area (Å²) in [5.74, 6) is 0. The van der Waals surface area contributed by atoms with Gasteiger partial charge in [0, 0.05) is 6.42 Å². The van der Waals surface area contributed by atoms with E-state index in [2.05, 4.69) is 0 Å². The molecule has 3 heteroatoms. The van der Waals surface area contributed by atoms with E-state index in [4.69, 9.17) is 9.84 Å². The average molecular weight is 134 g/mol. The quantitative estimate of drug-likeness (QED) is 0.565. The van der Waals surface area contributed by atoms with Crippen LogP contribution in [0.3, 0.4) is 0 Å². The first-order chi connectivity index (χ1) is 4.24. The summed E-state index contributed by atoms with van der Waals surface area (Å²) in [5.41, 5.74) is 0. The van der Waals surface area contributed by atoms with Crippen molar-refractivity contribution in [1.29, 1.82) is 0 Å². The summed E-state index contributed by atoms with van der Waals surface area (Å²) in [6, 6.07) is 0. The van der Waals surface area contributed by atoms with Crippen molar-refractivity contribution in [1.82, 2.24) is 0 Å². The summed E-state index contributed by atoms with van der Waals surface area (Å²) < 4.78 is 17.5. The Bertz CT molecular complexity index is 87.1. The molecule has 1 fully saturated rings. The summed E-state index contributed by atoms with van der Waals surface area (Å²) in [5, 5.41) is 8.51. The third-order valence-corrected chi connectivity index (χ3v) is 1.61. The highest BCUT2D eigenvalue weighted by molar-refractivity contribution is 4.78. The van der Waals surface area contributed by atoms with E-state index >= 15 is 0 Å². The number of alkyl halides is 1. The third kappa shape index (κ3) is 1.40. The molecule has 54 valence electrons. The standard InChI is InChI=1S/C6H11FO2/c1-4-6(7)2-5(3-8)9-4/h4-6,8H,2-3H2,1H3/t4-,5?,6-/m0/s1. The summed E-state index contributed by atoms with van der Waals surface area (Å²) >= 11 is 0. The molecular formula is C6H11FO2. The fourth-order valence-electron chi connectivity index (χ4n) is 1.00. The Morgan fingerprint density at radius 1 is 1.78 bits per heavy atom. The number of ether oxygens (including phenoxy) is 1. The second-order valence-corrected chi connectivity index (χ2v) is 2.40. The lowest BCUT2D eigenvalue weighted by molar-refractivity contribution is 0.0110. The Hall–Kier alpha value is -0.150. The molecule has 1 saturated heterocycles. The van der Waals surface area contributed by atoms with Crippen LogP contribution in [0.4, 0.5) is 4.39 Å². The van der Waals surface area contributed by atoms with E-state index in [1.807, 2.05) is 0 Å². The van der Waals surface area contributed by atoms with Gasteiger partial charge in [-0.3, -0.25) is 0 Å². The molecule has 0 amide bonds. The van der Waals surface area contributed by atoms with Crippen molar-refractivity contribution >= 4 is 0 Å². The number of halogens is 1. The number of hydrogen-bond acceptors (Lipinski definition) is 2. The molecule has 3 atom stereocenters. The first-order valence-electron chi connectivity index (χ1n) is 3.14. The van der Waals surface area contributed by atoms with Gasteiger partial charge in [0.05, 0.1) is 18.8 Å². The van der Waals surface area contributed by atoms with E-state index in [-0.39, 0.29) is 18.8 Å². The number of hydrogen-bond donors (Lipinski definition) is 1. The highest BCUT2D eigenvalue weighted by Gasteiger charge is 2.31. The maximum Gasteiger partial charge on any atom is 0.128 e. The van der Waals surface area contributed by atoms with Crippen LogP contribution in [0, 0.1) is 0 Å². The molecule has 1 unspecified atom stereocenters. The second kappa shape index (κ2) is 2.62. The molecule has 0 radical (unpaired) electrons. The van der Waals surface area contributed by atoms with Gasteiger partial charge in [0.15, 0.2) is 0 Å².